The van der Waals surface area contributed by atoms with Crippen molar-refractivity contribution in [1.82, 2.24) is 24.2 Å². The van der Waals surface area contributed by atoms with Crippen LogP contribution in [0, 0.1) is 0 Å². The maximum absolute atomic E-state index is 12.8. The summed E-state index contributed by atoms with van der Waals surface area (Å²) in [4.78, 5) is 22.1. The Hall–Kier alpha value is -3.32. The largest absolute Gasteiger partial charge is 0.367 e. The van der Waals surface area contributed by atoms with E-state index in [9.17, 15) is 4.79 Å². The van der Waals surface area contributed by atoms with Crippen LogP contribution < -0.4 is 10.2 Å². The van der Waals surface area contributed by atoms with Gasteiger partial charge in [0, 0.05) is 50.6 Å². The van der Waals surface area contributed by atoms with Crippen molar-refractivity contribution >= 4 is 28.3 Å². The lowest BCUT2D eigenvalue weighted by atomic mass is 10.2. The molecule has 7 heteroatoms. The molecule has 0 saturated carbocycles. The van der Waals surface area contributed by atoms with E-state index < -0.39 is 0 Å². The van der Waals surface area contributed by atoms with Gasteiger partial charge in [0.15, 0.2) is 0 Å². The number of rotatable bonds is 3. The molecule has 0 unspecified atom stereocenters. The topological polar surface area (TPSA) is 57.8 Å². The number of benzene rings is 1. The van der Waals surface area contributed by atoms with Crippen LogP contribution in [0.3, 0.4) is 0 Å². The molecule has 0 spiro atoms. The van der Waals surface area contributed by atoms with Crippen LogP contribution in [-0.4, -0.2) is 58.1 Å². The standard InChI is InChI=1S/C22H24N6O/c1-25-10-12-27(13-11-25)19-5-2-6-20-21(19)24-16-28(20)22(29)23-15-17-7-9-26-8-3-4-18(26)14-17/h2-9,14,16H,10-13,15H2,1H3,(H,23,29). The average molecular weight is 388 g/mol. The fourth-order valence-electron chi connectivity index (χ4n) is 3.94. The Morgan fingerprint density at radius 3 is 2.79 bits per heavy atom. The summed E-state index contributed by atoms with van der Waals surface area (Å²) < 4.78 is 3.65. The summed E-state index contributed by atoms with van der Waals surface area (Å²) in [5.74, 6) is 0. The number of pyridine rings is 1. The quantitative estimate of drug-likeness (QED) is 0.586. The van der Waals surface area contributed by atoms with Gasteiger partial charge in [-0.3, -0.25) is 4.57 Å². The number of para-hydroxylation sites is 1. The highest BCUT2D eigenvalue weighted by Crippen LogP contribution is 2.26. The minimum absolute atomic E-state index is 0.168. The molecule has 1 fully saturated rings. The van der Waals surface area contributed by atoms with E-state index in [1.54, 1.807) is 10.9 Å². The number of hydrogen-bond donors (Lipinski definition) is 1. The molecule has 0 radical (unpaired) electrons. The van der Waals surface area contributed by atoms with Crippen LogP contribution in [-0.2, 0) is 6.54 Å². The van der Waals surface area contributed by atoms with E-state index in [1.165, 1.54) is 0 Å². The summed E-state index contributed by atoms with van der Waals surface area (Å²) in [6.45, 7) is 4.47. The zero-order valence-electron chi connectivity index (χ0n) is 16.5. The first-order valence-electron chi connectivity index (χ1n) is 9.92. The van der Waals surface area contributed by atoms with Crippen molar-refractivity contribution in [1.29, 1.82) is 0 Å². The number of carbonyl (C=O) groups is 1. The molecule has 1 aliphatic heterocycles. The molecule has 148 valence electrons. The van der Waals surface area contributed by atoms with Crippen LogP contribution in [0.1, 0.15) is 5.56 Å². The minimum Gasteiger partial charge on any atom is -0.367 e. The van der Waals surface area contributed by atoms with E-state index in [2.05, 4.69) is 49.7 Å². The first-order chi connectivity index (χ1) is 14.2. The predicted octanol–water partition coefficient (Wildman–Crippen LogP) is 2.80. The van der Waals surface area contributed by atoms with Crippen LogP contribution in [0.15, 0.2) is 61.2 Å². The third-order valence-electron chi connectivity index (χ3n) is 5.66. The van der Waals surface area contributed by atoms with Gasteiger partial charge in [0.1, 0.15) is 11.8 Å². The maximum Gasteiger partial charge on any atom is 0.327 e. The zero-order chi connectivity index (χ0) is 19.8. The van der Waals surface area contributed by atoms with Gasteiger partial charge in [-0.25, -0.2) is 9.78 Å². The van der Waals surface area contributed by atoms with Crippen LogP contribution in [0.5, 0.6) is 0 Å². The van der Waals surface area contributed by atoms with Crippen LogP contribution in [0.25, 0.3) is 16.6 Å². The van der Waals surface area contributed by atoms with Crippen LogP contribution in [0.4, 0.5) is 10.5 Å². The summed E-state index contributed by atoms with van der Waals surface area (Å²) in [5.41, 5.74) is 4.98. The molecule has 5 rings (SSSR count). The SMILES string of the molecule is CN1CCN(c2cccc3c2ncn3C(=O)NCc2ccn3cccc3c2)CC1. The number of piperazine rings is 1. The van der Waals surface area contributed by atoms with E-state index in [4.69, 9.17) is 0 Å². The van der Waals surface area contributed by atoms with Gasteiger partial charge in [0.25, 0.3) is 0 Å². The van der Waals surface area contributed by atoms with Gasteiger partial charge in [-0.05, 0) is 49.0 Å². The molecule has 3 aromatic heterocycles. The molecule has 1 saturated heterocycles. The molecular weight excluding hydrogens is 364 g/mol. The summed E-state index contributed by atoms with van der Waals surface area (Å²) in [5, 5.41) is 3.01. The third-order valence-corrected chi connectivity index (χ3v) is 5.66. The smallest absolute Gasteiger partial charge is 0.327 e. The van der Waals surface area contributed by atoms with Crippen molar-refractivity contribution in [3.05, 3.63) is 66.7 Å². The Bertz CT molecular complexity index is 1170. The monoisotopic (exact) mass is 388 g/mol. The number of hydrogen-bond acceptors (Lipinski definition) is 4. The number of fused-ring (bicyclic) bond motifs is 2. The lowest BCUT2D eigenvalue weighted by molar-refractivity contribution is 0.243. The molecule has 4 heterocycles. The Balaban J connectivity index is 1.35. The van der Waals surface area contributed by atoms with Gasteiger partial charge >= 0.3 is 6.03 Å². The highest BCUT2D eigenvalue weighted by atomic mass is 16.2. The van der Waals surface area contributed by atoms with Gasteiger partial charge in [-0.1, -0.05) is 6.07 Å². The molecule has 1 aliphatic rings. The summed E-state index contributed by atoms with van der Waals surface area (Å²) in [6, 6.07) is 14.0. The number of nitrogens with one attached hydrogen (secondary N) is 1. The van der Waals surface area contributed by atoms with Crippen molar-refractivity contribution in [3.63, 3.8) is 0 Å². The molecule has 1 amide bonds. The molecule has 0 atom stereocenters. The number of aromatic nitrogens is 3. The van der Waals surface area contributed by atoms with Crippen molar-refractivity contribution in [2.75, 3.05) is 38.1 Å². The summed E-state index contributed by atoms with van der Waals surface area (Å²) in [6.07, 6.45) is 5.63. The van der Waals surface area contributed by atoms with Crippen molar-refractivity contribution < 1.29 is 4.79 Å². The van der Waals surface area contributed by atoms with Gasteiger partial charge in [-0.2, -0.15) is 0 Å². The minimum atomic E-state index is -0.168. The van der Waals surface area contributed by atoms with E-state index in [0.717, 1.165) is 54.0 Å². The average Bonchev–Trinajstić information content (AvgIpc) is 3.39. The summed E-state index contributed by atoms with van der Waals surface area (Å²) >= 11 is 0. The number of likely N-dealkylation sites (N-methyl/N-ethyl adjacent to an activating group) is 1. The lowest BCUT2D eigenvalue weighted by Gasteiger charge is -2.34. The second-order valence-electron chi connectivity index (χ2n) is 7.58. The van der Waals surface area contributed by atoms with E-state index in [-0.39, 0.29) is 6.03 Å². The Morgan fingerprint density at radius 2 is 1.93 bits per heavy atom. The highest BCUT2D eigenvalue weighted by Gasteiger charge is 2.19. The third kappa shape index (κ3) is 3.34. The number of nitrogens with zero attached hydrogens (tertiary/aromatic N) is 5. The van der Waals surface area contributed by atoms with Gasteiger partial charge in [-0.15, -0.1) is 0 Å². The molecule has 4 aromatic rings. The van der Waals surface area contributed by atoms with Gasteiger partial charge in [0.2, 0.25) is 0 Å². The zero-order valence-corrected chi connectivity index (χ0v) is 16.5. The molecule has 0 bridgehead atoms. The number of carbonyl (C=O) groups excluding carboxylic acids is 1. The summed E-state index contributed by atoms with van der Waals surface area (Å²) in [7, 11) is 2.14. The highest BCUT2D eigenvalue weighted by molar-refractivity contribution is 5.95. The number of amides is 1. The van der Waals surface area contributed by atoms with Crippen molar-refractivity contribution in [3.8, 4) is 0 Å². The Labute approximate surface area is 169 Å². The fraction of sp³-hybridized carbons (Fsp3) is 0.273. The van der Waals surface area contributed by atoms with Crippen LogP contribution in [0.2, 0.25) is 0 Å². The molecular formula is C22H24N6O. The maximum atomic E-state index is 12.8. The van der Waals surface area contributed by atoms with E-state index in [1.807, 2.05) is 36.7 Å². The molecule has 0 aliphatic carbocycles. The van der Waals surface area contributed by atoms with Gasteiger partial charge < -0.3 is 19.5 Å². The second-order valence-corrected chi connectivity index (χ2v) is 7.58. The molecule has 7 nitrogen and oxygen atoms in total. The first-order valence-corrected chi connectivity index (χ1v) is 9.92. The lowest BCUT2D eigenvalue weighted by Crippen LogP contribution is -2.44. The van der Waals surface area contributed by atoms with Gasteiger partial charge in [0.05, 0.1) is 11.2 Å². The molecule has 29 heavy (non-hydrogen) atoms. The first kappa shape index (κ1) is 17.8. The molecule has 1 aromatic carbocycles. The fourth-order valence-corrected chi connectivity index (χ4v) is 3.94. The van der Waals surface area contributed by atoms with Crippen molar-refractivity contribution in [2.45, 2.75) is 6.54 Å². The Morgan fingerprint density at radius 1 is 1.07 bits per heavy atom. The predicted molar refractivity (Wildman–Crippen MR) is 114 cm³/mol. The second kappa shape index (κ2) is 7.25. The number of anilines is 1. The van der Waals surface area contributed by atoms with E-state index >= 15 is 0 Å². The van der Waals surface area contributed by atoms with Crippen LogP contribution >= 0.6 is 0 Å². The van der Waals surface area contributed by atoms with E-state index in [0.29, 0.717) is 6.54 Å². The number of imidazole rings is 1. The van der Waals surface area contributed by atoms with Crippen molar-refractivity contribution in [2.24, 2.45) is 0 Å². The Kier molecular flexibility index (Phi) is 4.44. The molecule has 1 N–H and O–H groups in total. The normalized spacial score (nSPS) is 15.3.